The standard InChI is InChI=1S/C24H24N4O6S2/c1-14-7-9-18(17(11-14)21(29)15-5-3-4-6-15)27-23(31)28-24-26-13-20(35-24)36(32,33)19-10-8-16(12-25-19)22(30)34-2/h7-13,15H,3-6H2,1-2H3,(H2,26,27,28,31). The maximum atomic E-state index is 13.0. The average Bonchev–Trinajstić information content (AvgIpc) is 3.57. The highest BCUT2D eigenvalue weighted by molar-refractivity contribution is 7.93. The topological polar surface area (TPSA) is 144 Å². The van der Waals surface area contributed by atoms with Gasteiger partial charge in [-0.15, -0.1) is 0 Å². The number of ketones is 1. The number of carbonyl (C=O) groups is 3. The van der Waals surface area contributed by atoms with E-state index >= 15 is 0 Å². The first-order chi connectivity index (χ1) is 17.2. The van der Waals surface area contributed by atoms with Crippen LogP contribution in [0.15, 0.2) is 52.0 Å². The van der Waals surface area contributed by atoms with Crippen LogP contribution in [0.2, 0.25) is 0 Å². The molecule has 1 aliphatic carbocycles. The first-order valence-electron chi connectivity index (χ1n) is 11.2. The molecule has 0 unspecified atom stereocenters. The van der Waals surface area contributed by atoms with Gasteiger partial charge < -0.3 is 10.1 Å². The molecule has 0 bridgehead atoms. The van der Waals surface area contributed by atoms with Crippen LogP contribution in [0.25, 0.3) is 0 Å². The Morgan fingerprint density at radius 2 is 1.78 bits per heavy atom. The Hall–Kier alpha value is -3.64. The molecule has 3 aromatic rings. The van der Waals surface area contributed by atoms with Gasteiger partial charge in [-0.2, -0.15) is 0 Å². The molecule has 1 aliphatic rings. The molecular weight excluding hydrogens is 504 g/mol. The van der Waals surface area contributed by atoms with Crippen molar-refractivity contribution in [2.24, 2.45) is 5.92 Å². The number of urea groups is 1. The van der Waals surface area contributed by atoms with Crippen LogP contribution in [-0.4, -0.2) is 43.3 Å². The van der Waals surface area contributed by atoms with Crippen molar-refractivity contribution in [2.75, 3.05) is 17.7 Å². The monoisotopic (exact) mass is 528 g/mol. The van der Waals surface area contributed by atoms with Crippen molar-refractivity contribution in [1.82, 2.24) is 9.97 Å². The molecule has 1 saturated carbocycles. The highest BCUT2D eigenvalue weighted by Crippen LogP contribution is 2.31. The van der Waals surface area contributed by atoms with E-state index < -0.39 is 21.8 Å². The van der Waals surface area contributed by atoms with E-state index in [9.17, 15) is 22.8 Å². The van der Waals surface area contributed by atoms with Crippen LogP contribution in [0.3, 0.4) is 0 Å². The number of carbonyl (C=O) groups excluding carboxylic acids is 3. The Kier molecular flexibility index (Phi) is 7.45. The van der Waals surface area contributed by atoms with E-state index in [0.717, 1.165) is 55.0 Å². The number of hydrogen-bond donors (Lipinski definition) is 2. The number of amides is 2. The zero-order valence-corrected chi connectivity index (χ0v) is 21.2. The van der Waals surface area contributed by atoms with Gasteiger partial charge >= 0.3 is 12.0 Å². The third-order valence-corrected chi connectivity index (χ3v) is 8.86. The number of aryl methyl sites for hydroxylation is 1. The second-order valence-corrected chi connectivity index (χ2v) is 11.5. The number of rotatable bonds is 7. The third kappa shape index (κ3) is 5.44. The average molecular weight is 529 g/mol. The van der Waals surface area contributed by atoms with Crippen molar-refractivity contribution < 1.29 is 27.5 Å². The Morgan fingerprint density at radius 3 is 2.44 bits per heavy atom. The van der Waals surface area contributed by atoms with Crippen molar-refractivity contribution in [1.29, 1.82) is 0 Å². The molecule has 2 amide bonds. The predicted molar refractivity (Wildman–Crippen MR) is 133 cm³/mol. The summed E-state index contributed by atoms with van der Waals surface area (Å²) in [6.07, 6.45) is 5.95. The van der Waals surface area contributed by atoms with Crippen LogP contribution in [0.1, 0.15) is 52.0 Å². The number of benzene rings is 1. The lowest BCUT2D eigenvalue weighted by atomic mass is 9.94. The number of sulfone groups is 1. The number of nitrogens with one attached hydrogen (secondary N) is 2. The molecule has 0 radical (unpaired) electrons. The highest BCUT2D eigenvalue weighted by Gasteiger charge is 2.27. The Morgan fingerprint density at radius 1 is 1.03 bits per heavy atom. The number of anilines is 2. The first-order valence-corrected chi connectivity index (χ1v) is 13.5. The lowest BCUT2D eigenvalue weighted by molar-refractivity contribution is 0.0600. The second-order valence-electron chi connectivity index (χ2n) is 8.34. The lowest BCUT2D eigenvalue weighted by Crippen LogP contribution is -2.22. The number of methoxy groups -OCH3 is 1. The van der Waals surface area contributed by atoms with Gasteiger partial charge in [0.15, 0.2) is 15.9 Å². The summed E-state index contributed by atoms with van der Waals surface area (Å²) in [4.78, 5) is 45.0. The summed E-state index contributed by atoms with van der Waals surface area (Å²) in [6, 6.07) is 7.08. The van der Waals surface area contributed by atoms with Crippen LogP contribution in [0, 0.1) is 12.8 Å². The van der Waals surface area contributed by atoms with Gasteiger partial charge in [-0.05, 0) is 44.0 Å². The third-order valence-electron chi connectivity index (χ3n) is 5.82. The molecule has 1 fully saturated rings. The van der Waals surface area contributed by atoms with E-state index in [1.165, 1.54) is 19.2 Å². The van der Waals surface area contributed by atoms with Crippen LogP contribution < -0.4 is 10.6 Å². The number of aromatic nitrogens is 2. The fourth-order valence-electron chi connectivity index (χ4n) is 3.95. The highest BCUT2D eigenvalue weighted by atomic mass is 32.2. The van der Waals surface area contributed by atoms with Gasteiger partial charge in [-0.1, -0.05) is 35.8 Å². The van der Waals surface area contributed by atoms with Crippen molar-refractivity contribution >= 4 is 49.8 Å². The Bertz CT molecular complexity index is 1410. The molecule has 10 nitrogen and oxygen atoms in total. The molecule has 0 aliphatic heterocycles. The van der Waals surface area contributed by atoms with E-state index in [-0.39, 0.29) is 31.6 Å². The zero-order chi connectivity index (χ0) is 25.9. The predicted octanol–water partition coefficient (Wildman–Crippen LogP) is 4.48. The maximum Gasteiger partial charge on any atom is 0.339 e. The molecule has 4 rings (SSSR count). The number of esters is 1. The van der Waals surface area contributed by atoms with E-state index in [2.05, 4.69) is 25.3 Å². The van der Waals surface area contributed by atoms with Crippen LogP contribution >= 0.6 is 11.3 Å². The molecular formula is C24H24N4O6S2. The van der Waals surface area contributed by atoms with Crippen molar-refractivity contribution in [3.63, 3.8) is 0 Å². The summed E-state index contributed by atoms with van der Waals surface area (Å²) in [7, 11) is -2.81. The largest absolute Gasteiger partial charge is 0.465 e. The molecule has 2 heterocycles. The fourth-order valence-corrected chi connectivity index (χ4v) is 6.26. The summed E-state index contributed by atoms with van der Waals surface area (Å²) in [6.45, 7) is 1.88. The van der Waals surface area contributed by atoms with Gasteiger partial charge in [-0.3, -0.25) is 10.1 Å². The van der Waals surface area contributed by atoms with E-state index in [1.807, 2.05) is 6.92 Å². The summed E-state index contributed by atoms with van der Waals surface area (Å²) >= 11 is 0.752. The minimum atomic E-state index is -4.02. The SMILES string of the molecule is COC(=O)c1ccc(S(=O)(=O)c2cnc(NC(=O)Nc3ccc(C)cc3C(=O)C3CCCC3)s2)nc1. The van der Waals surface area contributed by atoms with Crippen molar-refractivity contribution in [3.8, 4) is 0 Å². The summed E-state index contributed by atoms with van der Waals surface area (Å²) in [5.41, 5.74) is 1.86. The smallest absolute Gasteiger partial charge is 0.339 e. The summed E-state index contributed by atoms with van der Waals surface area (Å²) in [5, 5.41) is 4.97. The quantitative estimate of drug-likeness (QED) is 0.337. The first kappa shape index (κ1) is 25.5. The minimum Gasteiger partial charge on any atom is -0.465 e. The normalized spacial score (nSPS) is 13.8. The van der Waals surface area contributed by atoms with Gasteiger partial charge in [-0.25, -0.2) is 28.0 Å². The van der Waals surface area contributed by atoms with E-state index in [4.69, 9.17) is 0 Å². The van der Waals surface area contributed by atoms with Gasteiger partial charge in [0, 0.05) is 17.7 Å². The van der Waals surface area contributed by atoms with E-state index in [1.54, 1.807) is 18.2 Å². The minimum absolute atomic E-state index is 0.0137. The van der Waals surface area contributed by atoms with Gasteiger partial charge in [0.05, 0.1) is 24.6 Å². The molecule has 1 aromatic carbocycles. The van der Waals surface area contributed by atoms with Crippen molar-refractivity contribution in [2.45, 2.75) is 41.8 Å². The molecule has 0 spiro atoms. The lowest BCUT2D eigenvalue weighted by Gasteiger charge is -2.14. The number of hydrogen-bond acceptors (Lipinski definition) is 9. The Balaban J connectivity index is 1.47. The van der Waals surface area contributed by atoms with Crippen LogP contribution in [0.5, 0.6) is 0 Å². The fraction of sp³-hybridized carbons (Fsp3) is 0.292. The number of pyridine rings is 1. The van der Waals surface area contributed by atoms with E-state index in [0.29, 0.717) is 11.3 Å². The molecule has 36 heavy (non-hydrogen) atoms. The zero-order valence-electron chi connectivity index (χ0n) is 19.6. The maximum absolute atomic E-state index is 13.0. The number of Topliss-reactive ketones (excluding diaryl/α,β-unsaturated/α-hetero) is 1. The molecule has 2 N–H and O–H groups in total. The van der Waals surface area contributed by atoms with Crippen molar-refractivity contribution in [3.05, 3.63) is 59.4 Å². The van der Waals surface area contributed by atoms with Gasteiger partial charge in [0.2, 0.25) is 9.84 Å². The van der Waals surface area contributed by atoms with Crippen LogP contribution in [-0.2, 0) is 14.6 Å². The number of thiazole rings is 1. The summed E-state index contributed by atoms with van der Waals surface area (Å²) in [5.74, 6) is -0.666. The number of nitrogens with zero attached hydrogens (tertiary/aromatic N) is 2. The van der Waals surface area contributed by atoms with Gasteiger partial charge in [0.1, 0.15) is 4.21 Å². The molecule has 12 heteroatoms. The molecule has 2 aromatic heterocycles. The summed E-state index contributed by atoms with van der Waals surface area (Å²) < 4.78 is 30.2. The van der Waals surface area contributed by atoms with Gasteiger partial charge in [0.25, 0.3) is 0 Å². The van der Waals surface area contributed by atoms with Crippen LogP contribution in [0.4, 0.5) is 15.6 Å². The molecule has 188 valence electrons. The molecule has 0 saturated heterocycles. The number of ether oxygens (including phenoxy) is 1. The molecule has 0 atom stereocenters. The Labute approximate surface area is 212 Å². The second kappa shape index (κ2) is 10.5.